The standard InChI is InChI=1S/C15H22FN3O3S/c1-18(2)14-7-6-11(9-13(14)16)15(20)19-8-4-5-12(10-19)17-23(3,21)22/h6-7,9,12,17H,4-5,8,10H2,1-3H3. The van der Waals surface area contributed by atoms with Crippen LogP contribution in [-0.4, -0.2) is 58.7 Å². The minimum Gasteiger partial charge on any atom is -0.375 e. The second kappa shape index (κ2) is 6.84. The predicted octanol–water partition coefficient (Wildman–Crippen LogP) is 1.05. The first-order chi connectivity index (χ1) is 10.7. The summed E-state index contributed by atoms with van der Waals surface area (Å²) in [6, 6.07) is 4.09. The first kappa shape index (κ1) is 17.7. The Morgan fingerprint density at radius 1 is 1.39 bits per heavy atom. The van der Waals surface area contributed by atoms with E-state index >= 15 is 0 Å². The van der Waals surface area contributed by atoms with Crippen molar-refractivity contribution in [2.24, 2.45) is 0 Å². The highest BCUT2D eigenvalue weighted by Crippen LogP contribution is 2.20. The van der Waals surface area contributed by atoms with E-state index in [0.29, 0.717) is 31.6 Å². The molecule has 1 aliphatic rings. The Balaban J connectivity index is 2.12. The average molecular weight is 343 g/mol. The van der Waals surface area contributed by atoms with E-state index in [9.17, 15) is 17.6 Å². The molecule has 2 rings (SSSR count). The van der Waals surface area contributed by atoms with Crippen molar-refractivity contribution in [3.63, 3.8) is 0 Å². The molecule has 0 saturated carbocycles. The van der Waals surface area contributed by atoms with Gasteiger partial charge in [-0.15, -0.1) is 0 Å². The number of sulfonamides is 1. The summed E-state index contributed by atoms with van der Waals surface area (Å²) in [6.45, 7) is 0.834. The van der Waals surface area contributed by atoms with Gasteiger partial charge in [0.15, 0.2) is 0 Å². The molecule has 1 N–H and O–H groups in total. The van der Waals surface area contributed by atoms with Gasteiger partial charge in [-0.1, -0.05) is 0 Å². The third kappa shape index (κ3) is 4.65. The molecular formula is C15H22FN3O3S. The molecule has 8 heteroatoms. The highest BCUT2D eigenvalue weighted by atomic mass is 32.2. The third-order valence-corrected chi connectivity index (χ3v) is 4.53. The van der Waals surface area contributed by atoms with Crippen molar-refractivity contribution in [1.82, 2.24) is 9.62 Å². The number of nitrogens with one attached hydrogen (secondary N) is 1. The van der Waals surface area contributed by atoms with Gasteiger partial charge >= 0.3 is 0 Å². The summed E-state index contributed by atoms with van der Waals surface area (Å²) in [4.78, 5) is 15.7. The van der Waals surface area contributed by atoms with Crippen molar-refractivity contribution < 1.29 is 17.6 Å². The Labute approximate surface area is 136 Å². The lowest BCUT2D eigenvalue weighted by molar-refractivity contribution is 0.0702. The number of hydrogen-bond donors (Lipinski definition) is 1. The van der Waals surface area contributed by atoms with Crippen molar-refractivity contribution in [3.05, 3.63) is 29.6 Å². The van der Waals surface area contributed by atoms with Gasteiger partial charge in [0, 0.05) is 38.8 Å². The number of rotatable bonds is 4. The molecule has 1 saturated heterocycles. The van der Waals surface area contributed by atoms with Crippen LogP contribution in [0.5, 0.6) is 0 Å². The third-order valence-electron chi connectivity index (χ3n) is 3.77. The molecule has 128 valence electrons. The maximum absolute atomic E-state index is 14.0. The van der Waals surface area contributed by atoms with Gasteiger partial charge in [0.25, 0.3) is 5.91 Å². The molecule has 1 aromatic rings. The fourth-order valence-electron chi connectivity index (χ4n) is 2.75. The molecule has 1 aromatic carbocycles. The summed E-state index contributed by atoms with van der Waals surface area (Å²) in [7, 11) is 0.143. The van der Waals surface area contributed by atoms with E-state index in [1.165, 1.54) is 6.07 Å². The van der Waals surface area contributed by atoms with Gasteiger partial charge < -0.3 is 9.80 Å². The maximum Gasteiger partial charge on any atom is 0.254 e. The number of carbonyl (C=O) groups is 1. The SMILES string of the molecule is CN(C)c1ccc(C(=O)N2CCCC(NS(C)(=O)=O)C2)cc1F. The zero-order valence-electron chi connectivity index (χ0n) is 13.5. The predicted molar refractivity (Wildman–Crippen MR) is 87.6 cm³/mol. The maximum atomic E-state index is 14.0. The molecule has 0 aliphatic carbocycles. The van der Waals surface area contributed by atoms with Gasteiger partial charge in [0.1, 0.15) is 5.82 Å². The molecule has 0 radical (unpaired) electrons. The Morgan fingerprint density at radius 3 is 2.65 bits per heavy atom. The lowest BCUT2D eigenvalue weighted by Crippen LogP contribution is -2.49. The largest absolute Gasteiger partial charge is 0.375 e. The molecule has 0 bridgehead atoms. The molecule has 23 heavy (non-hydrogen) atoms. The molecule has 1 heterocycles. The highest BCUT2D eigenvalue weighted by Gasteiger charge is 2.26. The van der Waals surface area contributed by atoms with Crippen LogP contribution in [0.3, 0.4) is 0 Å². The molecule has 1 fully saturated rings. The van der Waals surface area contributed by atoms with Gasteiger partial charge in [0.05, 0.1) is 11.9 Å². The second-order valence-corrected chi connectivity index (χ2v) is 7.82. The van der Waals surface area contributed by atoms with Crippen LogP contribution in [0, 0.1) is 5.82 Å². The fourth-order valence-corrected chi connectivity index (χ4v) is 3.54. The summed E-state index contributed by atoms with van der Waals surface area (Å²) in [5.41, 5.74) is 0.685. The summed E-state index contributed by atoms with van der Waals surface area (Å²) >= 11 is 0. The van der Waals surface area contributed by atoms with Crippen LogP contribution < -0.4 is 9.62 Å². The van der Waals surface area contributed by atoms with E-state index in [1.54, 1.807) is 36.0 Å². The van der Waals surface area contributed by atoms with Crippen molar-refractivity contribution in [2.45, 2.75) is 18.9 Å². The van der Waals surface area contributed by atoms with Crippen LogP contribution in [-0.2, 0) is 10.0 Å². The molecule has 1 aliphatic heterocycles. The van der Waals surface area contributed by atoms with E-state index in [-0.39, 0.29) is 17.5 Å². The number of amides is 1. The lowest BCUT2D eigenvalue weighted by atomic mass is 10.0. The van der Waals surface area contributed by atoms with Gasteiger partial charge in [-0.3, -0.25) is 4.79 Å². The first-order valence-electron chi connectivity index (χ1n) is 7.41. The zero-order chi connectivity index (χ0) is 17.2. The van der Waals surface area contributed by atoms with E-state index in [0.717, 1.165) is 6.26 Å². The smallest absolute Gasteiger partial charge is 0.254 e. The zero-order valence-corrected chi connectivity index (χ0v) is 14.4. The van der Waals surface area contributed by atoms with E-state index in [1.807, 2.05) is 0 Å². The van der Waals surface area contributed by atoms with Crippen LogP contribution in [0.1, 0.15) is 23.2 Å². The molecule has 0 spiro atoms. The lowest BCUT2D eigenvalue weighted by Gasteiger charge is -2.33. The van der Waals surface area contributed by atoms with Crippen LogP contribution in [0.4, 0.5) is 10.1 Å². The van der Waals surface area contributed by atoms with Crippen molar-refractivity contribution in [1.29, 1.82) is 0 Å². The molecular weight excluding hydrogens is 321 g/mol. The van der Waals surface area contributed by atoms with Gasteiger partial charge in [-0.2, -0.15) is 0 Å². The number of anilines is 1. The molecule has 1 amide bonds. The molecule has 0 aromatic heterocycles. The number of halogens is 1. The van der Waals surface area contributed by atoms with E-state index in [4.69, 9.17) is 0 Å². The number of piperidine rings is 1. The normalized spacial score (nSPS) is 18.8. The second-order valence-electron chi connectivity index (χ2n) is 6.04. The van der Waals surface area contributed by atoms with E-state index < -0.39 is 15.8 Å². The minimum absolute atomic E-state index is 0.271. The topological polar surface area (TPSA) is 69.7 Å². The van der Waals surface area contributed by atoms with Crippen LogP contribution >= 0.6 is 0 Å². The van der Waals surface area contributed by atoms with Gasteiger partial charge in [-0.25, -0.2) is 17.5 Å². The number of hydrogen-bond acceptors (Lipinski definition) is 4. The molecule has 6 nitrogen and oxygen atoms in total. The Hall–Kier alpha value is -1.67. The quantitative estimate of drug-likeness (QED) is 0.887. The molecule has 1 atom stereocenters. The number of benzene rings is 1. The summed E-state index contributed by atoms with van der Waals surface area (Å²) in [5, 5.41) is 0. The number of likely N-dealkylation sites (tertiary alicyclic amines) is 1. The highest BCUT2D eigenvalue weighted by molar-refractivity contribution is 7.88. The van der Waals surface area contributed by atoms with Crippen LogP contribution in [0.25, 0.3) is 0 Å². The Kier molecular flexibility index (Phi) is 5.26. The summed E-state index contributed by atoms with van der Waals surface area (Å²) in [6.07, 6.45) is 2.49. The number of carbonyl (C=O) groups excluding carboxylic acids is 1. The van der Waals surface area contributed by atoms with E-state index in [2.05, 4.69) is 4.72 Å². The van der Waals surface area contributed by atoms with Crippen LogP contribution in [0.2, 0.25) is 0 Å². The Morgan fingerprint density at radius 2 is 2.09 bits per heavy atom. The van der Waals surface area contributed by atoms with Crippen molar-refractivity contribution in [3.8, 4) is 0 Å². The van der Waals surface area contributed by atoms with Crippen molar-refractivity contribution >= 4 is 21.6 Å². The molecule has 1 unspecified atom stereocenters. The fraction of sp³-hybridized carbons (Fsp3) is 0.533. The van der Waals surface area contributed by atoms with Crippen molar-refractivity contribution in [2.75, 3.05) is 38.3 Å². The van der Waals surface area contributed by atoms with Gasteiger partial charge in [0.2, 0.25) is 10.0 Å². The number of nitrogens with zero attached hydrogens (tertiary/aromatic N) is 2. The van der Waals surface area contributed by atoms with Crippen LogP contribution in [0.15, 0.2) is 18.2 Å². The summed E-state index contributed by atoms with van der Waals surface area (Å²) < 4.78 is 39.2. The minimum atomic E-state index is -3.31. The first-order valence-corrected chi connectivity index (χ1v) is 9.30. The monoisotopic (exact) mass is 343 g/mol. The Bertz CT molecular complexity index is 691. The average Bonchev–Trinajstić information content (AvgIpc) is 2.44. The summed E-state index contributed by atoms with van der Waals surface area (Å²) in [5.74, 6) is -0.738. The van der Waals surface area contributed by atoms with Gasteiger partial charge in [-0.05, 0) is 31.0 Å².